The van der Waals surface area contributed by atoms with E-state index in [0.29, 0.717) is 13.2 Å². The maximum atomic E-state index is 13.3. The van der Waals surface area contributed by atoms with E-state index in [-0.39, 0.29) is 17.8 Å². The van der Waals surface area contributed by atoms with Crippen molar-refractivity contribution in [3.8, 4) is 0 Å². The van der Waals surface area contributed by atoms with Crippen molar-refractivity contribution in [3.05, 3.63) is 29.6 Å². The molecule has 1 aromatic rings. The number of hydrogen-bond acceptors (Lipinski definition) is 3. The summed E-state index contributed by atoms with van der Waals surface area (Å²) in [7, 11) is 0. The van der Waals surface area contributed by atoms with Gasteiger partial charge in [-0.3, -0.25) is 0 Å². The summed E-state index contributed by atoms with van der Waals surface area (Å²) < 4.78 is 18.6. The van der Waals surface area contributed by atoms with Crippen molar-refractivity contribution in [1.29, 1.82) is 0 Å². The second-order valence-corrected chi connectivity index (χ2v) is 5.16. The van der Waals surface area contributed by atoms with Gasteiger partial charge in [0, 0.05) is 31.3 Å². The van der Waals surface area contributed by atoms with Crippen LogP contribution in [0.3, 0.4) is 0 Å². The number of anilines is 1. The van der Waals surface area contributed by atoms with Gasteiger partial charge in [0.25, 0.3) is 0 Å². The van der Waals surface area contributed by atoms with Gasteiger partial charge in [-0.1, -0.05) is 6.07 Å². The molecule has 0 aliphatic carbocycles. The van der Waals surface area contributed by atoms with Crippen LogP contribution in [0.15, 0.2) is 18.2 Å². The molecule has 0 amide bonds. The Labute approximate surface area is 106 Å². The maximum Gasteiger partial charge on any atom is 0.125 e. The molecule has 2 aliphatic rings. The molecule has 1 N–H and O–H groups in total. The third-order valence-corrected chi connectivity index (χ3v) is 3.96. The van der Waals surface area contributed by atoms with Crippen LogP contribution in [0, 0.1) is 11.7 Å². The minimum Gasteiger partial charge on any atom is -0.391 e. The van der Waals surface area contributed by atoms with Gasteiger partial charge in [-0.05, 0) is 30.5 Å². The van der Waals surface area contributed by atoms with Gasteiger partial charge in [0.2, 0.25) is 0 Å². The molecular weight excluding hydrogens is 233 g/mol. The first-order chi connectivity index (χ1) is 8.74. The van der Waals surface area contributed by atoms with E-state index < -0.39 is 0 Å². The Balaban J connectivity index is 1.70. The van der Waals surface area contributed by atoms with Gasteiger partial charge in [-0.25, -0.2) is 4.39 Å². The highest BCUT2D eigenvalue weighted by molar-refractivity contribution is 5.58. The second-order valence-electron chi connectivity index (χ2n) is 5.16. The third kappa shape index (κ3) is 2.22. The molecule has 2 unspecified atom stereocenters. The van der Waals surface area contributed by atoms with E-state index in [1.807, 2.05) is 6.07 Å². The molecule has 0 saturated carbocycles. The van der Waals surface area contributed by atoms with E-state index in [0.717, 1.165) is 31.7 Å². The fourth-order valence-corrected chi connectivity index (χ4v) is 2.84. The van der Waals surface area contributed by atoms with Crippen LogP contribution < -0.4 is 4.90 Å². The van der Waals surface area contributed by atoms with Crippen molar-refractivity contribution in [2.24, 2.45) is 5.92 Å². The van der Waals surface area contributed by atoms with Crippen LogP contribution in [-0.2, 0) is 11.2 Å². The molecule has 0 bridgehead atoms. The summed E-state index contributed by atoms with van der Waals surface area (Å²) in [4.78, 5) is 2.08. The average Bonchev–Trinajstić information content (AvgIpc) is 2.99. The number of hydrogen-bond donors (Lipinski definition) is 1. The zero-order valence-electron chi connectivity index (χ0n) is 10.3. The molecule has 2 aliphatic heterocycles. The topological polar surface area (TPSA) is 32.7 Å². The predicted octanol–water partition coefficient (Wildman–Crippen LogP) is 1.59. The molecule has 1 saturated heterocycles. The zero-order valence-corrected chi connectivity index (χ0v) is 10.3. The van der Waals surface area contributed by atoms with Crippen molar-refractivity contribution in [1.82, 2.24) is 0 Å². The lowest BCUT2D eigenvalue weighted by Crippen LogP contribution is -2.36. The molecule has 3 rings (SSSR count). The number of nitrogens with zero attached hydrogens (tertiary/aromatic N) is 1. The molecule has 0 aromatic heterocycles. The number of fused-ring (bicyclic) bond motifs is 1. The van der Waals surface area contributed by atoms with Gasteiger partial charge in [-0.2, -0.15) is 0 Å². The summed E-state index contributed by atoms with van der Waals surface area (Å²) in [5, 5.41) is 10.2. The number of rotatable bonds is 3. The number of aliphatic hydroxyl groups is 1. The first-order valence-corrected chi connectivity index (χ1v) is 6.53. The Kier molecular flexibility index (Phi) is 3.22. The van der Waals surface area contributed by atoms with Crippen LogP contribution in [-0.4, -0.2) is 37.5 Å². The number of benzene rings is 1. The molecule has 18 heavy (non-hydrogen) atoms. The normalized spacial score (nSPS) is 24.3. The van der Waals surface area contributed by atoms with Gasteiger partial charge in [0.1, 0.15) is 5.82 Å². The summed E-state index contributed by atoms with van der Waals surface area (Å²) in [5.41, 5.74) is 2.11. The Hall–Kier alpha value is -1.13. The Bertz CT molecular complexity index is 432. The van der Waals surface area contributed by atoms with Gasteiger partial charge < -0.3 is 14.7 Å². The molecule has 0 radical (unpaired) electrons. The monoisotopic (exact) mass is 251 g/mol. The Morgan fingerprint density at radius 3 is 3.17 bits per heavy atom. The van der Waals surface area contributed by atoms with Gasteiger partial charge in [-0.15, -0.1) is 0 Å². The Morgan fingerprint density at radius 2 is 2.39 bits per heavy atom. The maximum absolute atomic E-state index is 13.3. The molecular formula is C14H18FNO2. The molecule has 98 valence electrons. The summed E-state index contributed by atoms with van der Waals surface area (Å²) in [6.07, 6.45) is 1.47. The fourth-order valence-electron chi connectivity index (χ4n) is 2.84. The van der Waals surface area contributed by atoms with Crippen molar-refractivity contribution in [2.45, 2.75) is 18.9 Å². The average molecular weight is 251 g/mol. The molecule has 2 heterocycles. The molecule has 1 aromatic carbocycles. The number of ether oxygens (including phenoxy) is 1. The molecule has 3 nitrogen and oxygen atoms in total. The minimum absolute atomic E-state index is 0.209. The first-order valence-electron chi connectivity index (χ1n) is 6.53. The molecule has 2 atom stereocenters. The largest absolute Gasteiger partial charge is 0.391 e. The summed E-state index contributed by atoms with van der Waals surface area (Å²) in [6.45, 7) is 2.83. The van der Waals surface area contributed by atoms with E-state index in [1.165, 1.54) is 11.6 Å². The summed E-state index contributed by atoms with van der Waals surface area (Å²) in [5.74, 6) is 0.0157. The van der Waals surface area contributed by atoms with Gasteiger partial charge >= 0.3 is 0 Å². The van der Waals surface area contributed by atoms with Crippen molar-refractivity contribution in [2.75, 3.05) is 31.2 Å². The number of aliphatic hydroxyl groups excluding tert-OH is 1. The Morgan fingerprint density at radius 1 is 1.50 bits per heavy atom. The van der Waals surface area contributed by atoms with Gasteiger partial charge in [0.15, 0.2) is 0 Å². The van der Waals surface area contributed by atoms with Crippen molar-refractivity contribution in [3.63, 3.8) is 0 Å². The van der Waals surface area contributed by atoms with Crippen LogP contribution in [0.4, 0.5) is 10.1 Å². The fraction of sp³-hybridized carbons (Fsp3) is 0.571. The van der Waals surface area contributed by atoms with Crippen LogP contribution >= 0.6 is 0 Å². The third-order valence-electron chi connectivity index (χ3n) is 3.96. The lowest BCUT2D eigenvalue weighted by Gasteiger charge is -2.25. The lowest BCUT2D eigenvalue weighted by molar-refractivity contribution is 0.0964. The standard InChI is InChI=1S/C14H18FNO2/c15-12-2-1-10-3-5-16(13(10)7-12)8-14(17)11-4-6-18-9-11/h1-2,7,11,14,17H,3-6,8-9H2. The molecule has 1 fully saturated rings. The first kappa shape index (κ1) is 11.9. The highest BCUT2D eigenvalue weighted by Crippen LogP contribution is 2.29. The zero-order chi connectivity index (χ0) is 12.5. The van der Waals surface area contributed by atoms with E-state index in [1.54, 1.807) is 6.07 Å². The van der Waals surface area contributed by atoms with Crippen LogP contribution in [0.5, 0.6) is 0 Å². The van der Waals surface area contributed by atoms with Crippen LogP contribution in [0.1, 0.15) is 12.0 Å². The summed E-state index contributed by atoms with van der Waals surface area (Å²) in [6, 6.07) is 4.92. The molecule has 0 spiro atoms. The summed E-state index contributed by atoms with van der Waals surface area (Å²) >= 11 is 0. The highest BCUT2D eigenvalue weighted by Gasteiger charge is 2.28. The van der Waals surface area contributed by atoms with E-state index in [4.69, 9.17) is 4.74 Å². The highest BCUT2D eigenvalue weighted by atomic mass is 19.1. The minimum atomic E-state index is -0.387. The second kappa shape index (κ2) is 4.86. The predicted molar refractivity (Wildman–Crippen MR) is 67.2 cm³/mol. The van der Waals surface area contributed by atoms with Crippen molar-refractivity contribution >= 4 is 5.69 Å². The smallest absolute Gasteiger partial charge is 0.125 e. The number of β-amino-alcohol motifs (C(OH)–C–C–N with tert-alkyl or cyclic N) is 1. The number of halogens is 1. The van der Waals surface area contributed by atoms with Crippen molar-refractivity contribution < 1.29 is 14.2 Å². The molecule has 4 heteroatoms. The SMILES string of the molecule is OC(CN1CCc2ccc(F)cc21)C1CCOC1. The van der Waals surface area contributed by atoms with Crippen LogP contribution in [0.25, 0.3) is 0 Å². The lowest BCUT2D eigenvalue weighted by atomic mass is 10.0. The van der Waals surface area contributed by atoms with E-state index in [2.05, 4.69) is 4.90 Å². The quantitative estimate of drug-likeness (QED) is 0.885. The van der Waals surface area contributed by atoms with E-state index >= 15 is 0 Å². The van der Waals surface area contributed by atoms with Gasteiger partial charge in [0.05, 0.1) is 12.7 Å². The van der Waals surface area contributed by atoms with E-state index in [9.17, 15) is 9.50 Å². The van der Waals surface area contributed by atoms with Crippen LogP contribution in [0.2, 0.25) is 0 Å².